The highest BCUT2D eigenvalue weighted by Crippen LogP contribution is 2.25. The molecule has 0 amide bonds. The average Bonchev–Trinajstić information content (AvgIpc) is 2.46. The van der Waals surface area contributed by atoms with E-state index in [1.54, 1.807) is 18.0 Å². The number of nitriles is 1. The summed E-state index contributed by atoms with van der Waals surface area (Å²) >= 11 is 7.73. The van der Waals surface area contributed by atoms with E-state index in [1.807, 2.05) is 19.1 Å². The predicted molar refractivity (Wildman–Crippen MR) is 86.1 cm³/mol. The average molecular weight is 312 g/mol. The molecule has 1 heterocycles. The largest absolute Gasteiger partial charge is 0.300 e. The Morgan fingerprint density at radius 1 is 1.50 bits per heavy atom. The fraction of sp³-hybridized carbons (Fsp3) is 0.600. The Bertz CT molecular complexity index is 447. The normalized spacial score (nSPS) is 13.7. The second-order valence-electron chi connectivity index (χ2n) is 4.97. The molecule has 0 saturated heterocycles. The molecule has 0 radical (unpaired) electrons. The van der Waals surface area contributed by atoms with E-state index in [-0.39, 0.29) is 0 Å². The number of aromatic nitrogens is 1. The van der Waals surface area contributed by atoms with Gasteiger partial charge in [0.2, 0.25) is 0 Å². The van der Waals surface area contributed by atoms with Crippen LogP contribution >= 0.6 is 23.4 Å². The summed E-state index contributed by atoms with van der Waals surface area (Å²) in [4.78, 5) is 4.25. The summed E-state index contributed by atoms with van der Waals surface area (Å²) in [5, 5.41) is 14.2. The van der Waals surface area contributed by atoms with Crippen molar-refractivity contribution < 1.29 is 0 Å². The third-order valence-electron chi connectivity index (χ3n) is 3.05. The number of nitrogens with one attached hydrogen (secondary N) is 1. The lowest BCUT2D eigenvalue weighted by Gasteiger charge is -2.22. The molecule has 0 aromatic carbocycles. The molecule has 20 heavy (non-hydrogen) atoms. The molecule has 1 rings (SSSR count). The van der Waals surface area contributed by atoms with Crippen molar-refractivity contribution in [3.05, 3.63) is 23.4 Å². The molecule has 0 bridgehead atoms. The maximum absolute atomic E-state index is 9.24. The monoisotopic (exact) mass is 311 g/mol. The fourth-order valence-electron chi connectivity index (χ4n) is 1.81. The van der Waals surface area contributed by atoms with Crippen molar-refractivity contribution in [2.45, 2.75) is 50.1 Å². The van der Waals surface area contributed by atoms with Crippen molar-refractivity contribution in [2.75, 3.05) is 12.3 Å². The Morgan fingerprint density at radius 3 is 2.95 bits per heavy atom. The Kier molecular flexibility index (Phi) is 7.98. The van der Waals surface area contributed by atoms with Crippen LogP contribution in [-0.4, -0.2) is 22.8 Å². The first-order chi connectivity index (χ1) is 9.61. The molecule has 0 spiro atoms. The number of pyridine rings is 1. The SMILES string of the molecule is CCCNC(C)(C#N)CCCCSc1ncccc1Cl. The van der Waals surface area contributed by atoms with Gasteiger partial charge in [0.05, 0.1) is 11.1 Å². The highest BCUT2D eigenvalue weighted by molar-refractivity contribution is 7.99. The topological polar surface area (TPSA) is 48.7 Å². The lowest BCUT2D eigenvalue weighted by Crippen LogP contribution is -2.41. The van der Waals surface area contributed by atoms with Crippen LogP contribution in [0.5, 0.6) is 0 Å². The van der Waals surface area contributed by atoms with Gasteiger partial charge in [0.15, 0.2) is 0 Å². The standard InChI is InChI=1S/C15H22ClN3S/c1-3-9-19-15(2,12-17)8-4-5-11-20-14-13(16)7-6-10-18-14/h6-7,10,19H,3-5,8-9,11H2,1-2H3. The first kappa shape index (κ1) is 17.3. The number of unbranched alkanes of at least 4 members (excludes halogenated alkanes) is 1. The molecule has 1 aromatic rings. The highest BCUT2D eigenvalue weighted by atomic mass is 35.5. The molecule has 1 atom stereocenters. The Balaban J connectivity index is 2.25. The third-order valence-corrected chi connectivity index (χ3v) is 4.56. The smallest absolute Gasteiger partial charge is 0.115 e. The molecular formula is C15H22ClN3S. The van der Waals surface area contributed by atoms with Crippen molar-refractivity contribution in [3.63, 3.8) is 0 Å². The summed E-state index contributed by atoms with van der Waals surface area (Å²) in [6, 6.07) is 6.08. The van der Waals surface area contributed by atoms with Crippen LogP contribution < -0.4 is 5.32 Å². The number of halogens is 1. The lowest BCUT2D eigenvalue weighted by molar-refractivity contribution is 0.406. The summed E-state index contributed by atoms with van der Waals surface area (Å²) < 4.78 is 0. The van der Waals surface area contributed by atoms with Gasteiger partial charge in [-0.25, -0.2) is 4.98 Å². The quantitative estimate of drug-likeness (QED) is 0.546. The van der Waals surface area contributed by atoms with Gasteiger partial charge in [-0.1, -0.05) is 18.5 Å². The summed E-state index contributed by atoms with van der Waals surface area (Å²) in [5.74, 6) is 0.978. The second kappa shape index (κ2) is 9.23. The van der Waals surface area contributed by atoms with E-state index >= 15 is 0 Å². The summed E-state index contributed by atoms with van der Waals surface area (Å²) in [6.45, 7) is 4.98. The Labute approximate surface area is 131 Å². The van der Waals surface area contributed by atoms with Crippen molar-refractivity contribution in [1.82, 2.24) is 10.3 Å². The molecule has 0 saturated carbocycles. The van der Waals surface area contributed by atoms with Crippen LogP contribution in [0.4, 0.5) is 0 Å². The Morgan fingerprint density at radius 2 is 2.30 bits per heavy atom. The molecule has 0 aliphatic carbocycles. The van der Waals surface area contributed by atoms with Crippen molar-refractivity contribution >= 4 is 23.4 Å². The summed E-state index contributed by atoms with van der Waals surface area (Å²) in [7, 11) is 0. The Hall–Kier alpha value is -0.760. The minimum Gasteiger partial charge on any atom is -0.300 e. The highest BCUT2D eigenvalue weighted by Gasteiger charge is 2.21. The molecule has 110 valence electrons. The van der Waals surface area contributed by atoms with Crippen LogP contribution in [0.25, 0.3) is 0 Å². The third kappa shape index (κ3) is 6.13. The number of nitrogens with zero attached hydrogens (tertiary/aromatic N) is 2. The van der Waals surface area contributed by atoms with E-state index in [0.29, 0.717) is 5.02 Å². The van der Waals surface area contributed by atoms with E-state index in [1.165, 1.54) is 0 Å². The van der Waals surface area contributed by atoms with Gasteiger partial charge in [-0.3, -0.25) is 5.32 Å². The van der Waals surface area contributed by atoms with Crippen LogP contribution in [0.2, 0.25) is 5.02 Å². The zero-order valence-electron chi connectivity index (χ0n) is 12.2. The minimum atomic E-state index is -0.399. The fourth-order valence-corrected chi connectivity index (χ4v) is 2.98. The van der Waals surface area contributed by atoms with Gasteiger partial charge in [-0.2, -0.15) is 5.26 Å². The maximum atomic E-state index is 9.24. The molecule has 1 aromatic heterocycles. The van der Waals surface area contributed by atoms with Gasteiger partial charge in [0.25, 0.3) is 0 Å². The van der Waals surface area contributed by atoms with E-state index in [4.69, 9.17) is 11.6 Å². The zero-order valence-corrected chi connectivity index (χ0v) is 13.7. The van der Waals surface area contributed by atoms with Gasteiger partial charge in [-0.15, -0.1) is 11.8 Å². The van der Waals surface area contributed by atoms with Crippen molar-refractivity contribution in [1.29, 1.82) is 5.26 Å². The summed E-state index contributed by atoms with van der Waals surface area (Å²) in [5.41, 5.74) is -0.399. The lowest BCUT2D eigenvalue weighted by atomic mass is 9.96. The number of hydrogen-bond donors (Lipinski definition) is 1. The number of thioether (sulfide) groups is 1. The van der Waals surface area contributed by atoms with Crippen LogP contribution in [0.3, 0.4) is 0 Å². The van der Waals surface area contributed by atoms with Gasteiger partial charge in [-0.05, 0) is 57.0 Å². The van der Waals surface area contributed by atoms with Gasteiger partial charge < -0.3 is 0 Å². The van der Waals surface area contributed by atoms with Gasteiger partial charge in [0, 0.05) is 6.20 Å². The van der Waals surface area contributed by atoms with E-state index in [0.717, 1.165) is 43.0 Å². The van der Waals surface area contributed by atoms with E-state index < -0.39 is 5.54 Å². The maximum Gasteiger partial charge on any atom is 0.115 e. The zero-order chi connectivity index (χ0) is 14.8. The second-order valence-corrected chi connectivity index (χ2v) is 6.46. The van der Waals surface area contributed by atoms with Crippen LogP contribution in [0, 0.1) is 11.3 Å². The van der Waals surface area contributed by atoms with Crippen LogP contribution in [0.1, 0.15) is 39.5 Å². The van der Waals surface area contributed by atoms with Crippen molar-refractivity contribution in [2.24, 2.45) is 0 Å². The van der Waals surface area contributed by atoms with Crippen molar-refractivity contribution in [3.8, 4) is 6.07 Å². The van der Waals surface area contributed by atoms with Gasteiger partial charge in [0.1, 0.15) is 10.6 Å². The first-order valence-corrected chi connectivity index (χ1v) is 8.37. The van der Waals surface area contributed by atoms with Crippen LogP contribution in [-0.2, 0) is 0 Å². The predicted octanol–water partition coefficient (Wildman–Crippen LogP) is 4.28. The van der Waals surface area contributed by atoms with Crippen LogP contribution in [0.15, 0.2) is 23.4 Å². The summed E-state index contributed by atoms with van der Waals surface area (Å²) in [6.07, 6.45) is 5.77. The van der Waals surface area contributed by atoms with E-state index in [2.05, 4.69) is 23.3 Å². The molecule has 0 aliphatic heterocycles. The molecule has 1 N–H and O–H groups in total. The molecule has 0 fully saturated rings. The van der Waals surface area contributed by atoms with Gasteiger partial charge >= 0.3 is 0 Å². The molecule has 1 unspecified atom stereocenters. The molecule has 3 nitrogen and oxygen atoms in total. The number of rotatable bonds is 9. The first-order valence-electron chi connectivity index (χ1n) is 7.01. The van der Waals surface area contributed by atoms with E-state index in [9.17, 15) is 5.26 Å². The molecule has 0 aliphatic rings. The molecule has 5 heteroatoms. The minimum absolute atomic E-state index is 0.399. The molecular weight excluding hydrogens is 290 g/mol. The number of hydrogen-bond acceptors (Lipinski definition) is 4.